The van der Waals surface area contributed by atoms with Crippen molar-refractivity contribution in [2.45, 2.75) is 57.2 Å². The van der Waals surface area contributed by atoms with Crippen molar-refractivity contribution in [3.05, 3.63) is 16.4 Å². The number of thioether (sulfide) groups is 1. The molecule has 0 saturated carbocycles. The Balaban J connectivity index is 2.22. The van der Waals surface area contributed by atoms with Gasteiger partial charge in [0.25, 0.3) is 0 Å². The molecule has 3 nitrogen and oxygen atoms in total. The number of rotatable bonds is 6. The SMILES string of the molecule is CCNC(Cc1c(Cl)c(CC)nn1C)C1(C)CCCS1. The lowest BCUT2D eigenvalue weighted by atomic mass is 9.92. The molecule has 2 rings (SSSR count). The van der Waals surface area contributed by atoms with Crippen molar-refractivity contribution in [1.29, 1.82) is 0 Å². The van der Waals surface area contributed by atoms with Crippen LogP contribution in [0.15, 0.2) is 0 Å². The van der Waals surface area contributed by atoms with Gasteiger partial charge in [0.15, 0.2) is 0 Å². The second-order valence-corrected chi connectivity index (χ2v) is 7.77. The molecular weight excluding hydrogens is 290 g/mol. The number of nitrogens with zero attached hydrogens (tertiary/aromatic N) is 2. The van der Waals surface area contributed by atoms with E-state index in [0.29, 0.717) is 10.8 Å². The number of hydrogen-bond acceptors (Lipinski definition) is 3. The van der Waals surface area contributed by atoms with Gasteiger partial charge in [0.2, 0.25) is 0 Å². The first-order valence-corrected chi connectivity index (χ1v) is 8.95. The van der Waals surface area contributed by atoms with Crippen LogP contribution in [0.2, 0.25) is 5.02 Å². The molecular formula is C15H26ClN3S. The van der Waals surface area contributed by atoms with E-state index in [2.05, 4.69) is 42.9 Å². The van der Waals surface area contributed by atoms with Crippen molar-refractivity contribution >= 4 is 23.4 Å². The van der Waals surface area contributed by atoms with Gasteiger partial charge < -0.3 is 5.32 Å². The Kier molecular flexibility index (Phi) is 5.43. The number of aryl methyl sites for hydroxylation is 2. The molecule has 1 fully saturated rings. The molecule has 1 saturated heterocycles. The van der Waals surface area contributed by atoms with E-state index in [9.17, 15) is 0 Å². The van der Waals surface area contributed by atoms with Crippen molar-refractivity contribution in [3.63, 3.8) is 0 Å². The minimum atomic E-state index is 0.315. The molecule has 2 unspecified atom stereocenters. The quantitative estimate of drug-likeness (QED) is 0.872. The summed E-state index contributed by atoms with van der Waals surface area (Å²) in [5.41, 5.74) is 2.19. The Bertz CT molecular complexity index is 452. The zero-order valence-electron chi connectivity index (χ0n) is 13.0. The summed E-state index contributed by atoms with van der Waals surface area (Å²) in [4.78, 5) is 0. The highest BCUT2D eigenvalue weighted by Crippen LogP contribution is 2.41. The molecule has 0 aliphatic carbocycles. The molecule has 0 bridgehead atoms. The van der Waals surface area contributed by atoms with Crippen molar-refractivity contribution in [3.8, 4) is 0 Å². The van der Waals surface area contributed by atoms with Gasteiger partial charge in [-0.2, -0.15) is 16.9 Å². The van der Waals surface area contributed by atoms with Crippen molar-refractivity contribution in [2.75, 3.05) is 12.3 Å². The smallest absolute Gasteiger partial charge is 0.0850 e. The van der Waals surface area contributed by atoms with Crippen LogP contribution in [-0.2, 0) is 19.9 Å². The molecule has 0 radical (unpaired) electrons. The first-order valence-electron chi connectivity index (χ1n) is 7.59. The van der Waals surface area contributed by atoms with Crippen LogP contribution in [0.5, 0.6) is 0 Å². The van der Waals surface area contributed by atoms with Gasteiger partial charge in [-0.15, -0.1) is 0 Å². The van der Waals surface area contributed by atoms with Crippen LogP contribution in [0, 0.1) is 0 Å². The first kappa shape index (κ1) is 16.2. The van der Waals surface area contributed by atoms with E-state index in [4.69, 9.17) is 11.6 Å². The third kappa shape index (κ3) is 3.18. The van der Waals surface area contributed by atoms with E-state index in [-0.39, 0.29) is 0 Å². The van der Waals surface area contributed by atoms with Gasteiger partial charge in [-0.1, -0.05) is 25.4 Å². The standard InChI is InChI=1S/C15H26ClN3S/c1-5-11-14(16)12(19(4)18-11)10-13(17-6-2)15(3)8-7-9-20-15/h13,17H,5-10H2,1-4H3. The van der Waals surface area contributed by atoms with Gasteiger partial charge >= 0.3 is 0 Å². The highest BCUT2D eigenvalue weighted by Gasteiger charge is 2.38. The number of halogens is 1. The molecule has 5 heteroatoms. The van der Waals surface area contributed by atoms with E-state index in [1.165, 1.54) is 24.3 Å². The van der Waals surface area contributed by atoms with Crippen LogP contribution in [0.1, 0.15) is 45.0 Å². The number of hydrogen-bond donors (Lipinski definition) is 1. The molecule has 20 heavy (non-hydrogen) atoms. The lowest BCUT2D eigenvalue weighted by Gasteiger charge is -2.34. The highest BCUT2D eigenvalue weighted by molar-refractivity contribution is 8.00. The molecule has 2 heterocycles. The second-order valence-electron chi connectivity index (χ2n) is 5.76. The molecule has 0 spiro atoms. The molecule has 1 N–H and O–H groups in total. The molecule has 1 aliphatic rings. The summed E-state index contributed by atoms with van der Waals surface area (Å²) in [6.45, 7) is 7.67. The molecule has 1 aromatic heterocycles. The Hall–Kier alpha value is -0.190. The van der Waals surface area contributed by atoms with Gasteiger partial charge in [-0.25, -0.2) is 0 Å². The Labute approximate surface area is 131 Å². The summed E-state index contributed by atoms with van der Waals surface area (Å²) >= 11 is 8.61. The summed E-state index contributed by atoms with van der Waals surface area (Å²) in [7, 11) is 2.01. The fraction of sp³-hybridized carbons (Fsp3) is 0.800. The maximum atomic E-state index is 6.51. The van der Waals surface area contributed by atoms with Gasteiger partial charge in [0.05, 0.1) is 16.4 Å². The van der Waals surface area contributed by atoms with Gasteiger partial charge in [0, 0.05) is 24.3 Å². The van der Waals surface area contributed by atoms with Crippen molar-refractivity contribution < 1.29 is 0 Å². The van der Waals surface area contributed by atoms with Crippen LogP contribution in [0.3, 0.4) is 0 Å². The topological polar surface area (TPSA) is 29.9 Å². The molecule has 0 aromatic carbocycles. The molecule has 0 amide bonds. The van der Waals surface area contributed by atoms with E-state index in [1.54, 1.807) is 0 Å². The Morgan fingerprint density at radius 1 is 1.50 bits per heavy atom. The lowest BCUT2D eigenvalue weighted by molar-refractivity contribution is 0.399. The first-order chi connectivity index (χ1) is 9.51. The van der Waals surface area contributed by atoms with Crippen LogP contribution in [-0.4, -0.2) is 32.9 Å². The fourth-order valence-corrected chi connectivity index (χ4v) is 4.84. The maximum absolute atomic E-state index is 6.51. The van der Waals surface area contributed by atoms with Crippen LogP contribution in [0.25, 0.3) is 0 Å². The highest BCUT2D eigenvalue weighted by atomic mass is 35.5. The summed E-state index contributed by atoms with van der Waals surface area (Å²) in [5.74, 6) is 1.28. The van der Waals surface area contributed by atoms with Crippen molar-refractivity contribution in [2.24, 2.45) is 7.05 Å². The summed E-state index contributed by atoms with van der Waals surface area (Å²) in [6, 6.07) is 0.456. The number of likely N-dealkylation sites (N-methyl/N-ethyl adjacent to an activating group) is 1. The Morgan fingerprint density at radius 3 is 2.75 bits per heavy atom. The molecule has 114 valence electrons. The van der Waals surface area contributed by atoms with Crippen LogP contribution < -0.4 is 5.32 Å². The monoisotopic (exact) mass is 315 g/mol. The predicted octanol–water partition coefficient (Wildman–Crippen LogP) is 3.44. The maximum Gasteiger partial charge on any atom is 0.0850 e. The fourth-order valence-electron chi connectivity index (χ4n) is 3.06. The third-order valence-electron chi connectivity index (χ3n) is 4.34. The molecule has 1 aliphatic heterocycles. The van der Waals surface area contributed by atoms with E-state index in [1.807, 2.05) is 11.7 Å². The van der Waals surface area contributed by atoms with Crippen LogP contribution >= 0.6 is 23.4 Å². The van der Waals surface area contributed by atoms with Crippen molar-refractivity contribution in [1.82, 2.24) is 15.1 Å². The van der Waals surface area contributed by atoms with E-state index in [0.717, 1.165) is 30.1 Å². The number of nitrogens with one attached hydrogen (secondary N) is 1. The van der Waals surface area contributed by atoms with E-state index < -0.39 is 0 Å². The van der Waals surface area contributed by atoms with E-state index >= 15 is 0 Å². The Morgan fingerprint density at radius 2 is 2.25 bits per heavy atom. The average Bonchev–Trinajstić information content (AvgIpc) is 2.97. The van der Waals surface area contributed by atoms with Crippen LogP contribution in [0.4, 0.5) is 0 Å². The van der Waals surface area contributed by atoms with Gasteiger partial charge in [-0.05, 0) is 38.5 Å². The summed E-state index contributed by atoms with van der Waals surface area (Å²) < 4.78 is 2.28. The molecule has 1 aromatic rings. The summed E-state index contributed by atoms with van der Waals surface area (Å²) in [5, 5.41) is 9.08. The normalized spacial score (nSPS) is 24.2. The van der Waals surface area contributed by atoms with Gasteiger partial charge in [-0.3, -0.25) is 4.68 Å². The third-order valence-corrected chi connectivity index (χ3v) is 6.41. The average molecular weight is 316 g/mol. The zero-order valence-corrected chi connectivity index (χ0v) is 14.6. The largest absolute Gasteiger partial charge is 0.312 e. The predicted molar refractivity (Wildman–Crippen MR) is 88.9 cm³/mol. The lowest BCUT2D eigenvalue weighted by Crippen LogP contribution is -2.47. The molecule has 2 atom stereocenters. The zero-order chi connectivity index (χ0) is 14.8. The van der Waals surface area contributed by atoms with Gasteiger partial charge in [0.1, 0.15) is 0 Å². The second kappa shape index (κ2) is 6.71. The summed E-state index contributed by atoms with van der Waals surface area (Å²) in [6.07, 6.45) is 4.46. The number of aromatic nitrogens is 2. The minimum absolute atomic E-state index is 0.315. The minimum Gasteiger partial charge on any atom is -0.312 e.